The van der Waals surface area contributed by atoms with Gasteiger partial charge in [0.2, 0.25) is 0 Å². The van der Waals surface area contributed by atoms with E-state index in [4.69, 9.17) is 11.6 Å². The summed E-state index contributed by atoms with van der Waals surface area (Å²) in [7, 11) is 0. The number of rotatable bonds is 0. The molecule has 0 atom stereocenters. The fourth-order valence-corrected chi connectivity index (χ4v) is 1.04. The van der Waals surface area contributed by atoms with Crippen LogP contribution >= 0.6 is 11.6 Å². The first-order valence-electron chi connectivity index (χ1n) is 2.74. The van der Waals surface area contributed by atoms with Crippen LogP contribution in [0.1, 0.15) is 25.7 Å². The number of halogens is 1. The van der Waals surface area contributed by atoms with Gasteiger partial charge in [-0.15, -0.1) is 0 Å². The van der Waals surface area contributed by atoms with Gasteiger partial charge in [0, 0.05) is 26.1 Å². The Hall–Kier alpha value is 0.718. The molecule has 0 radical (unpaired) electrons. The summed E-state index contributed by atoms with van der Waals surface area (Å²) < 4.78 is 0. The van der Waals surface area contributed by atoms with E-state index in [1.165, 1.54) is 19.3 Å². The van der Waals surface area contributed by atoms with E-state index in [-0.39, 0.29) is 21.1 Å². The molecule has 0 aromatic carbocycles. The summed E-state index contributed by atoms with van der Waals surface area (Å²) in [5, 5.41) is 1.06. The van der Waals surface area contributed by atoms with E-state index in [2.05, 4.69) is 6.08 Å². The molecule has 0 unspecified atom stereocenters. The van der Waals surface area contributed by atoms with Crippen LogP contribution in [0.5, 0.6) is 0 Å². The molecule has 50 valence electrons. The quantitative estimate of drug-likeness (QED) is 0.645. The monoisotopic (exact) mass is 311 g/mol. The van der Waals surface area contributed by atoms with Crippen molar-refractivity contribution in [3.05, 3.63) is 11.1 Å². The van der Waals surface area contributed by atoms with Crippen LogP contribution in [0.15, 0.2) is 11.1 Å². The molecule has 0 aromatic heterocycles. The Morgan fingerprint density at radius 3 is 2.38 bits per heavy atom. The van der Waals surface area contributed by atoms with E-state index in [0.717, 1.165) is 11.5 Å². The zero-order chi connectivity index (χ0) is 5.11. The van der Waals surface area contributed by atoms with Gasteiger partial charge in [-0.1, -0.05) is 17.7 Å². The van der Waals surface area contributed by atoms with Crippen molar-refractivity contribution >= 4 is 11.6 Å². The summed E-state index contributed by atoms with van der Waals surface area (Å²) in [6, 6.07) is 0. The Labute approximate surface area is 69.6 Å². The number of hydrogen-bond donors (Lipinski definition) is 0. The topological polar surface area (TPSA) is 0 Å². The van der Waals surface area contributed by atoms with Crippen molar-refractivity contribution in [2.24, 2.45) is 0 Å². The second-order valence-corrected chi connectivity index (χ2v) is 2.38. The molecule has 0 spiro atoms. The minimum atomic E-state index is 0. The Balaban J connectivity index is 0.000000490. The van der Waals surface area contributed by atoms with E-state index in [0.29, 0.717) is 0 Å². The zero-order valence-corrected chi connectivity index (χ0v) is 7.63. The molecule has 1 aliphatic carbocycles. The van der Waals surface area contributed by atoms with Gasteiger partial charge in [0.05, 0.1) is 0 Å². The summed E-state index contributed by atoms with van der Waals surface area (Å²) in [6.45, 7) is 0. The van der Waals surface area contributed by atoms with Crippen LogP contribution in [0.4, 0.5) is 0 Å². The van der Waals surface area contributed by atoms with Gasteiger partial charge in [-0.05, 0) is 25.7 Å². The molecular weight excluding hydrogens is 303 g/mol. The summed E-state index contributed by atoms with van der Waals surface area (Å²) >= 11 is 5.68. The van der Waals surface area contributed by atoms with Crippen LogP contribution in [0, 0.1) is 0 Å². The maximum atomic E-state index is 5.68. The average molecular weight is 312 g/mol. The van der Waals surface area contributed by atoms with E-state index in [1.807, 2.05) is 0 Å². The van der Waals surface area contributed by atoms with Crippen LogP contribution in [0.2, 0.25) is 0 Å². The third-order valence-electron chi connectivity index (χ3n) is 1.24. The first kappa shape index (κ1) is 8.72. The second-order valence-electron chi connectivity index (χ2n) is 1.90. The summed E-state index contributed by atoms with van der Waals surface area (Å²) in [5.74, 6) is 0. The molecule has 0 heterocycles. The standard InChI is InChI=1S/C6H9Cl.Pt/c7-6-4-2-1-3-5-6;/h4H,1-3,5H2;. The minimum Gasteiger partial charge on any atom is -0.0895 e. The minimum absolute atomic E-state index is 0. The first-order chi connectivity index (χ1) is 3.39. The molecular formula is C6H9ClPt. The van der Waals surface area contributed by atoms with Crippen LogP contribution < -0.4 is 0 Å². The molecule has 0 fully saturated rings. The van der Waals surface area contributed by atoms with Gasteiger partial charge in [-0.2, -0.15) is 0 Å². The molecule has 1 aliphatic rings. The average Bonchev–Trinajstić information content (AvgIpc) is 1.69. The summed E-state index contributed by atoms with van der Waals surface area (Å²) in [6.07, 6.45) is 7.04. The Morgan fingerprint density at radius 1 is 1.38 bits per heavy atom. The molecule has 0 saturated carbocycles. The fraction of sp³-hybridized carbons (Fsp3) is 0.667. The van der Waals surface area contributed by atoms with Gasteiger partial charge in [0.25, 0.3) is 0 Å². The van der Waals surface area contributed by atoms with Crippen molar-refractivity contribution < 1.29 is 21.1 Å². The largest absolute Gasteiger partial charge is 0.0895 e. The molecule has 0 nitrogen and oxygen atoms in total. The van der Waals surface area contributed by atoms with E-state index >= 15 is 0 Å². The van der Waals surface area contributed by atoms with Crippen molar-refractivity contribution in [1.82, 2.24) is 0 Å². The molecule has 0 bridgehead atoms. The Bertz CT molecular complexity index is 88.5. The smallest absolute Gasteiger partial charge is 0.0141 e. The van der Waals surface area contributed by atoms with Gasteiger partial charge >= 0.3 is 0 Å². The van der Waals surface area contributed by atoms with Crippen molar-refractivity contribution in [3.8, 4) is 0 Å². The van der Waals surface area contributed by atoms with Gasteiger partial charge in [-0.25, -0.2) is 0 Å². The van der Waals surface area contributed by atoms with Crippen LogP contribution in [0.3, 0.4) is 0 Å². The molecule has 0 amide bonds. The molecule has 0 saturated heterocycles. The molecule has 0 aromatic rings. The molecule has 0 aliphatic heterocycles. The van der Waals surface area contributed by atoms with E-state index in [1.54, 1.807) is 0 Å². The Morgan fingerprint density at radius 2 is 2.12 bits per heavy atom. The molecule has 0 N–H and O–H groups in total. The summed E-state index contributed by atoms with van der Waals surface area (Å²) in [4.78, 5) is 0. The van der Waals surface area contributed by atoms with E-state index in [9.17, 15) is 0 Å². The Kier molecular flexibility index (Phi) is 4.99. The maximum absolute atomic E-state index is 5.68. The van der Waals surface area contributed by atoms with E-state index < -0.39 is 0 Å². The van der Waals surface area contributed by atoms with Crippen molar-refractivity contribution in [2.45, 2.75) is 25.7 Å². The molecule has 2 heteroatoms. The first-order valence-corrected chi connectivity index (χ1v) is 3.12. The number of allylic oxidation sites excluding steroid dienone is 2. The third kappa shape index (κ3) is 2.89. The number of hydrogen-bond acceptors (Lipinski definition) is 0. The van der Waals surface area contributed by atoms with Crippen molar-refractivity contribution in [1.29, 1.82) is 0 Å². The predicted molar refractivity (Wildman–Crippen MR) is 32.4 cm³/mol. The SMILES string of the molecule is ClC1=CCCCC1.[Pt]. The summed E-state index contributed by atoms with van der Waals surface area (Å²) in [5.41, 5.74) is 0. The van der Waals surface area contributed by atoms with Crippen LogP contribution in [-0.2, 0) is 21.1 Å². The van der Waals surface area contributed by atoms with Crippen LogP contribution in [-0.4, -0.2) is 0 Å². The van der Waals surface area contributed by atoms with Crippen molar-refractivity contribution in [2.75, 3.05) is 0 Å². The normalized spacial score (nSPS) is 18.9. The predicted octanol–water partition coefficient (Wildman–Crippen LogP) is 2.68. The molecule has 1 rings (SSSR count). The van der Waals surface area contributed by atoms with Gasteiger partial charge in [0.15, 0.2) is 0 Å². The van der Waals surface area contributed by atoms with Crippen LogP contribution in [0.25, 0.3) is 0 Å². The van der Waals surface area contributed by atoms with Gasteiger partial charge in [-0.3, -0.25) is 0 Å². The molecule has 8 heavy (non-hydrogen) atoms. The third-order valence-corrected chi connectivity index (χ3v) is 1.58. The van der Waals surface area contributed by atoms with Gasteiger partial charge in [0.1, 0.15) is 0 Å². The second kappa shape index (κ2) is 4.58. The fourth-order valence-electron chi connectivity index (χ4n) is 0.799. The zero-order valence-electron chi connectivity index (χ0n) is 4.60. The maximum Gasteiger partial charge on any atom is 0.0141 e. The van der Waals surface area contributed by atoms with Gasteiger partial charge < -0.3 is 0 Å². The van der Waals surface area contributed by atoms with Crippen molar-refractivity contribution in [3.63, 3.8) is 0 Å².